The van der Waals surface area contributed by atoms with Gasteiger partial charge in [0.05, 0.1) is 6.54 Å². The molecule has 1 heterocycles. The van der Waals surface area contributed by atoms with E-state index in [9.17, 15) is 4.79 Å². The number of amides is 1. The summed E-state index contributed by atoms with van der Waals surface area (Å²) in [5.74, 6) is -0.494. The molecular formula is C11H8Br2ClN3O. The molecule has 94 valence electrons. The van der Waals surface area contributed by atoms with Crippen molar-refractivity contribution in [3.63, 3.8) is 0 Å². The third-order valence-corrected chi connectivity index (χ3v) is 3.74. The number of hydrogen-bond donors (Lipinski definition) is 1. The van der Waals surface area contributed by atoms with Crippen LogP contribution in [-0.4, -0.2) is 15.7 Å². The molecule has 0 aliphatic carbocycles. The zero-order chi connectivity index (χ0) is 13.3. The van der Waals surface area contributed by atoms with E-state index in [1.165, 1.54) is 0 Å². The van der Waals surface area contributed by atoms with E-state index >= 15 is 0 Å². The van der Waals surface area contributed by atoms with Gasteiger partial charge in [0.1, 0.15) is 9.21 Å². The van der Waals surface area contributed by atoms with Gasteiger partial charge in [0.2, 0.25) is 5.91 Å². The Morgan fingerprint density at radius 3 is 2.61 bits per heavy atom. The number of primary amides is 1. The first-order valence-corrected chi connectivity index (χ1v) is 6.91. The average Bonchev–Trinajstić information content (AvgIpc) is 2.60. The number of carbonyl (C=O) groups is 1. The van der Waals surface area contributed by atoms with Gasteiger partial charge in [-0.25, -0.2) is 0 Å². The van der Waals surface area contributed by atoms with E-state index in [1.807, 2.05) is 6.07 Å². The minimum Gasteiger partial charge on any atom is -0.366 e. The second kappa shape index (κ2) is 5.42. The summed E-state index contributed by atoms with van der Waals surface area (Å²) in [6, 6.07) is 6.82. The second-order valence-electron chi connectivity index (χ2n) is 3.62. The normalized spacial score (nSPS) is 10.6. The second-order valence-corrected chi connectivity index (χ2v) is 5.65. The quantitative estimate of drug-likeness (QED) is 0.871. The number of benzene rings is 1. The Bertz CT molecular complexity index is 612. The molecule has 0 bridgehead atoms. The van der Waals surface area contributed by atoms with Crippen LogP contribution in [0.5, 0.6) is 0 Å². The Hall–Kier alpha value is -0.850. The lowest BCUT2D eigenvalue weighted by atomic mass is 10.1. The van der Waals surface area contributed by atoms with Gasteiger partial charge in [0.15, 0.2) is 0 Å². The summed E-state index contributed by atoms with van der Waals surface area (Å²) in [6.45, 7) is 0.504. The standard InChI is InChI=1S/C11H8Br2ClN3O/c12-9-4-10(13)17(16-9)5-7-2-1-6(11(15)18)3-8(7)14/h1-4H,5H2,(H2,15,18). The van der Waals surface area contributed by atoms with Crippen molar-refractivity contribution in [2.45, 2.75) is 6.54 Å². The fourth-order valence-corrected chi connectivity index (χ4v) is 2.84. The minimum absolute atomic E-state index is 0.393. The van der Waals surface area contributed by atoms with Crippen LogP contribution in [0.25, 0.3) is 0 Å². The fraction of sp³-hybridized carbons (Fsp3) is 0.0909. The fourth-order valence-electron chi connectivity index (χ4n) is 1.47. The predicted molar refractivity (Wildman–Crippen MR) is 76.7 cm³/mol. The van der Waals surface area contributed by atoms with Gasteiger partial charge in [-0.3, -0.25) is 9.48 Å². The lowest BCUT2D eigenvalue weighted by molar-refractivity contribution is 0.100. The highest BCUT2D eigenvalue weighted by Gasteiger charge is 2.09. The van der Waals surface area contributed by atoms with Crippen molar-refractivity contribution in [3.05, 3.63) is 49.6 Å². The Kier molecular flexibility index (Phi) is 4.09. The van der Waals surface area contributed by atoms with E-state index in [0.29, 0.717) is 17.1 Å². The molecule has 0 saturated carbocycles. The summed E-state index contributed by atoms with van der Waals surface area (Å²) in [7, 11) is 0. The third-order valence-electron chi connectivity index (χ3n) is 2.36. The molecule has 4 nitrogen and oxygen atoms in total. The molecule has 0 aliphatic heterocycles. The third kappa shape index (κ3) is 2.93. The van der Waals surface area contributed by atoms with Gasteiger partial charge >= 0.3 is 0 Å². The van der Waals surface area contributed by atoms with Crippen LogP contribution in [0.2, 0.25) is 5.02 Å². The van der Waals surface area contributed by atoms with Crippen molar-refractivity contribution >= 4 is 49.4 Å². The van der Waals surface area contributed by atoms with Crippen molar-refractivity contribution in [1.29, 1.82) is 0 Å². The summed E-state index contributed by atoms with van der Waals surface area (Å²) in [5.41, 5.74) is 6.44. The van der Waals surface area contributed by atoms with Crippen molar-refractivity contribution < 1.29 is 4.79 Å². The molecule has 0 unspecified atom stereocenters. The Labute approximate surface area is 125 Å². The molecule has 18 heavy (non-hydrogen) atoms. The van der Waals surface area contributed by atoms with Gasteiger partial charge < -0.3 is 5.73 Å². The first-order valence-electron chi connectivity index (χ1n) is 4.94. The van der Waals surface area contributed by atoms with Crippen molar-refractivity contribution in [3.8, 4) is 0 Å². The van der Waals surface area contributed by atoms with Crippen LogP contribution < -0.4 is 5.73 Å². The predicted octanol–water partition coefficient (Wildman–Crippen LogP) is 3.21. The topological polar surface area (TPSA) is 60.9 Å². The summed E-state index contributed by atoms with van der Waals surface area (Å²) in [5, 5.41) is 4.73. The largest absolute Gasteiger partial charge is 0.366 e. The van der Waals surface area contributed by atoms with Crippen LogP contribution in [0.3, 0.4) is 0 Å². The first-order chi connectivity index (χ1) is 8.47. The summed E-state index contributed by atoms with van der Waals surface area (Å²) in [6.07, 6.45) is 0. The zero-order valence-electron chi connectivity index (χ0n) is 9.03. The smallest absolute Gasteiger partial charge is 0.248 e. The van der Waals surface area contributed by atoms with Crippen LogP contribution in [-0.2, 0) is 6.54 Å². The molecule has 1 aromatic heterocycles. The van der Waals surface area contributed by atoms with Crippen LogP contribution in [0, 0.1) is 0 Å². The molecule has 0 atom stereocenters. The Balaban J connectivity index is 2.30. The molecule has 0 spiro atoms. The van der Waals surface area contributed by atoms with E-state index in [0.717, 1.165) is 14.8 Å². The van der Waals surface area contributed by atoms with E-state index in [-0.39, 0.29) is 0 Å². The number of nitrogens with two attached hydrogens (primary N) is 1. The average molecular weight is 393 g/mol. The maximum absolute atomic E-state index is 11.0. The minimum atomic E-state index is -0.494. The molecule has 0 fully saturated rings. The van der Waals surface area contributed by atoms with E-state index in [2.05, 4.69) is 37.0 Å². The summed E-state index contributed by atoms with van der Waals surface area (Å²) >= 11 is 12.8. The van der Waals surface area contributed by atoms with Gasteiger partial charge in [-0.1, -0.05) is 17.7 Å². The summed E-state index contributed by atoms with van der Waals surface area (Å²) < 4.78 is 3.32. The molecule has 2 aromatic rings. The molecule has 7 heteroatoms. The molecule has 1 amide bonds. The molecule has 2 N–H and O–H groups in total. The van der Waals surface area contributed by atoms with E-state index < -0.39 is 5.91 Å². The monoisotopic (exact) mass is 391 g/mol. The van der Waals surface area contributed by atoms with Crippen molar-refractivity contribution in [2.24, 2.45) is 5.73 Å². The van der Waals surface area contributed by atoms with Gasteiger partial charge in [0.25, 0.3) is 0 Å². The number of hydrogen-bond acceptors (Lipinski definition) is 2. The number of aromatic nitrogens is 2. The van der Waals surface area contributed by atoms with Crippen LogP contribution >= 0.6 is 43.5 Å². The lowest BCUT2D eigenvalue weighted by Crippen LogP contribution is -2.11. The molecule has 0 radical (unpaired) electrons. The van der Waals surface area contributed by atoms with Gasteiger partial charge in [-0.05, 0) is 49.6 Å². The number of nitrogens with zero attached hydrogens (tertiary/aromatic N) is 2. The molecule has 2 rings (SSSR count). The van der Waals surface area contributed by atoms with Crippen LogP contribution in [0.15, 0.2) is 33.5 Å². The maximum atomic E-state index is 11.0. The zero-order valence-corrected chi connectivity index (χ0v) is 13.0. The number of rotatable bonds is 3. The highest BCUT2D eigenvalue weighted by molar-refractivity contribution is 9.11. The van der Waals surface area contributed by atoms with E-state index in [4.69, 9.17) is 17.3 Å². The van der Waals surface area contributed by atoms with Gasteiger partial charge in [-0.2, -0.15) is 5.10 Å². The SMILES string of the molecule is NC(=O)c1ccc(Cn2nc(Br)cc2Br)c(Cl)c1. The molecule has 0 aliphatic rings. The van der Waals surface area contributed by atoms with Crippen molar-refractivity contribution in [1.82, 2.24) is 9.78 Å². The highest BCUT2D eigenvalue weighted by atomic mass is 79.9. The number of carbonyl (C=O) groups excluding carboxylic acids is 1. The molecule has 1 aromatic carbocycles. The highest BCUT2D eigenvalue weighted by Crippen LogP contribution is 2.22. The van der Waals surface area contributed by atoms with Crippen LogP contribution in [0.4, 0.5) is 0 Å². The first kappa shape index (κ1) is 13.6. The Morgan fingerprint density at radius 1 is 1.39 bits per heavy atom. The maximum Gasteiger partial charge on any atom is 0.248 e. The summed E-state index contributed by atoms with van der Waals surface area (Å²) in [4.78, 5) is 11.0. The van der Waals surface area contributed by atoms with Gasteiger partial charge in [-0.15, -0.1) is 0 Å². The van der Waals surface area contributed by atoms with Gasteiger partial charge in [0, 0.05) is 16.7 Å². The molecule has 0 saturated heterocycles. The lowest BCUT2D eigenvalue weighted by Gasteiger charge is -2.07. The molecular weight excluding hydrogens is 385 g/mol. The number of halogens is 3. The Morgan fingerprint density at radius 2 is 2.11 bits per heavy atom. The van der Waals surface area contributed by atoms with Crippen molar-refractivity contribution in [2.75, 3.05) is 0 Å². The van der Waals surface area contributed by atoms with E-state index in [1.54, 1.807) is 22.9 Å². The van der Waals surface area contributed by atoms with Crippen LogP contribution in [0.1, 0.15) is 15.9 Å².